The van der Waals surface area contributed by atoms with Gasteiger partial charge in [-0.3, -0.25) is 0 Å². The number of rotatable bonds is 6. The summed E-state index contributed by atoms with van der Waals surface area (Å²) in [6, 6.07) is 15.9. The van der Waals surface area contributed by atoms with Gasteiger partial charge in [0.15, 0.2) is 5.96 Å². The molecule has 0 spiro atoms. The topological polar surface area (TPSA) is 39.7 Å². The molecule has 0 amide bonds. The lowest BCUT2D eigenvalue weighted by molar-refractivity contribution is 0.565. The summed E-state index contributed by atoms with van der Waals surface area (Å²) in [5, 5.41) is 6.73. The molecule has 1 heterocycles. The highest BCUT2D eigenvalue weighted by Gasteiger charge is 2.22. The number of nitrogens with one attached hydrogen (secondary N) is 2. The molecule has 28 heavy (non-hydrogen) atoms. The maximum Gasteiger partial charge on any atom is 0.191 e. The van der Waals surface area contributed by atoms with Gasteiger partial charge in [-0.25, -0.2) is 9.38 Å². The first-order chi connectivity index (χ1) is 13.2. The SMILES string of the molecule is CCNC(=NCc1ccc(C)c(F)c1)NCC1CCN(c2ccccc2)C1.I. The first-order valence-electron chi connectivity index (χ1n) is 9.73. The average Bonchev–Trinajstić information content (AvgIpc) is 3.16. The minimum Gasteiger partial charge on any atom is -0.371 e. The lowest BCUT2D eigenvalue weighted by Crippen LogP contribution is -2.40. The lowest BCUT2D eigenvalue weighted by atomic mass is 10.1. The number of para-hydroxylation sites is 1. The van der Waals surface area contributed by atoms with Gasteiger partial charge < -0.3 is 15.5 Å². The number of hydrogen-bond donors (Lipinski definition) is 2. The van der Waals surface area contributed by atoms with E-state index in [1.807, 2.05) is 6.07 Å². The van der Waals surface area contributed by atoms with Crippen LogP contribution in [0.15, 0.2) is 53.5 Å². The van der Waals surface area contributed by atoms with E-state index in [0.29, 0.717) is 18.0 Å². The predicted molar refractivity (Wildman–Crippen MR) is 126 cm³/mol. The highest BCUT2D eigenvalue weighted by Crippen LogP contribution is 2.22. The van der Waals surface area contributed by atoms with Crippen LogP contribution in [0.1, 0.15) is 24.5 Å². The Morgan fingerprint density at radius 3 is 2.68 bits per heavy atom. The summed E-state index contributed by atoms with van der Waals surface area (Å²) in [7, 11) is 0. The van der Waals surface area contributed by atoms with Crippen molar-refractivity contribution in [3.05, 3.63) is 65.5 Å². The molecular weight excluding hydrogens is 466 g/mol. The van der Waals surface area contributed by atoms with E-state index in [4.69, 9.17) is 0 Å². The molecular formula is C22H30FIN4. The standard InChI is InChI=1S/C22H29FN4.HI/c1-3-24-22(25-14-18-10-9-17(2)21(23)13-18)26-15-19-11-12-27(16-19)20-7-5-4-6-8-20;/h4-10,13,19H,3,11-12,14-16H2,1-2H3,(H2,24,25,26);1H. The largest absolute Gasteiger partial charge is 0.371 e. The van der Waals surface area contributed by atoms with Gasteiger partial charge in [-0.2, -0.15) is 0 Å². The molecule has 6 heteroatoms. The third-order valence-electron chi connectivity index (χ3n) is 4.97. The van der Waals surface area contributed by atoms with Crippen molar-refractivity contribution < 1.29 is 4.39 Å². The van der Waals surface area contributed by atoms with Crippen LogP contribution in [0.5, 0.6) is 0 Å². The molecule has 0 aliphatic carbocycles. The van der Waals surface area contributed by atoms with E-state index >= 15 is 0 Å². The van der Waals surface area contributed by atoms with Gasteiger partial charge >= 0.3 is 0 Å². The summed E-state index contributed by atoms with van der Waals surface area (Å²) in [5.74, 6) is 1.20. The number of nitrogens with zero attached hydrogens (tertiary/aromatic N) is 2. The molecule has 1 atom stereocenters. The van der Waals surface area contributed by atoms with Crippen molar-refractivity contribution in [2.45, 2.75) is 26.8 Å². The number of benzene rings is 2. The Labute approximate surface area is 184 Å². The van der Waals surface area contributed by atoms with E-state index in [1.165, 1.54) is 12.1 Å². The highest BCUT2D eigenvalue weighted by molar-refractivity contribution is 14.0. The van der Waals surface area contributed by atoms with Gasteiger partial charge in [-0.1, -0.05) is 30.3 Å². The molecule has 0 saturated carbocycles. The fourth-order valence-electron chi connectivity index (χ4n) is 3.36. The number of anilines is 1. The zero-order chi connectivity index (χ0) is 19.1. The zero-order valence-corrected chi connectivity index (χ0v) is 18.9. The Morgan fingerprint density at radius 1 is 1.18 bits per heavy atom. The van der Waals surface area contributed by atoms with E-state index < -0.39 is 0 Å². The number of aliphatic imine (C=N–C) groups is 1. The van der Waals surface area contributed by atoms with Crippen molar-refractivity contribution in [2.24, 2.45) is 10.9 Å². The minimum atomic E-state index is -0.174. The maximum atomic E-state index is 13.7. The Kier molecular flexibility index (Phi) is 9.02. The molecule has 2 aromatic rings. The molecule has 1 saturated heterocycles. The van der Waals surface area contributed by atoms with Crippen LogP contribution in [0.25, 0.3) is 0 Å². The van der Waals surface area contributed by atoms with Crippen LogP contribution in [0.4, 0.5) is 10.1 Å². The first-order valence-corrected chi connectivity index (χ1v) is 9.73. The zero-order valence-electron chi connectivity index (χ0n) is 16.6. The van der Waals surface area contributed by atoms with Crippen LogP contribution in [0.2, 0.25) is 0 Å². The summed E-state index contributed by atoms with van der Waals surface area (Å²) < 4.78 is 13.7. The van der Waals surface area contributed by atoms with Crippen LogP contribution in [0, 0.1) is 18.7 Å². The fraction of sp³-hybridized carbons (Fsp3) is 0.409. The second-order valence-corrected chi connectivity index (χ2v) is 7.10. The van der Waals surface area contributed by atoms with Gasteiger partial charge in [-0.15, -0.1) is 24.0 Å². The van der Waals surface area contributed by atoms with Crippen molar-refractivity contribution in [3.63, 3.8) is 0 Å². The van der Waals surface area contributed by atoms with Gasteiger partial charge in [0.05, 0.1) is 6.54 Å². The quantitative estimate of drug-likeness (QED) is 0.355. The van der Waals surface area contributed by atoms with Gasteiger partial charge in [0.1, 0.15) is 5.82 Å². The number of aryl methyl sites for hydroxylation is 1. The normalized spacial score (nSPS) is 16.6. The number of guanidine groups is 1. The Balaban J connectivity index is 0.00000280. The summed E-state index contributed by atoms with van der Waals surface area (Å²) >= 11 is 0. The van der Waals surface area contributed by atoms with E-state index in [2.05, 4.69) is 57.8 Å². The third-order valence-corrected chi connectivity index (χ3v) is 4.97. The molecule has 2 N–H and O–H groups in total. The summed E-state index contributed by atoms with van der Waals surface area (Å²) in [6.07, 6.45) is 1.17. The van der Waals surface area contributed by atoms with E-state index in [9.17, 15) is 4.39 Å². The Bertz CT molecular complexity index is 766. The van der Waals surface area contributed by atoms with Crippen LogP contribution in [-0.2, 0) is 6.54 Å². The molecule has 152 valence electrons. The van der Waals surface area contributed by atoms with Crippen LogP contribution < -0.4 is 15.5 Å². The number of hydrogen-bond acceptors (Lipinski definition) is 2. The molecule has 0 radical (unpaired) electrons. The Morgan fingerprint density at radius 2 is 1.96 bits per heavy atom. The van der Waals surface area contributed by atoms with Crippen LogP contribution in [0.3, 0.4) is 0 Å². The molecule has 1 aliphatic rings. The van der Waals surface area contributed by atoms with Crippen LogP contribution >= 0.6 is 24.0 Å². The van der Waals surface area contributed by atoms with Crippen LogP contribution in [-0.4, -0.2) is 32.1 Å². The molecule has 0 aromatic heterocycles. The van der Waals surface area contributed by atoms with Crippen molar-refractivity contribution in [2.75, 3.05) is 31.1 Å². The molecule has 1 fully saturated rings. The smallest absolute Gasteiger partial charge is 0.191 e. The molecule has 1 aliphatic heterocycles. The molecule has 4 nitrogen and oxygen atoms in total. The molecule has 3 rings (SSSR count). The maximum absolute atomic E-state index is 13.7. The predicted octanol–water partition coefficient (Wildman–Crippen LogP) is 4.33. The van der Waals surface area contributed by atoms with E-state index in [0.717, 1.165) is 37.7 Å². The molecule has 2 aromatic carbocycles. The van der Waals surface area contributed by atoms with Gasteiger partial charge in [0, 0.05) is 31.9 Å². The third kappa shape index (κ3) is 6.36. The summed E-state index contributed by atoms with van der Waals surface area (Å²) in [5.41, 5.74) is 2.84. The summed E-state index contributed by atoms with van der Waals surface area (Å²) in [4.78, 5) is 7.04. The van der Waals surface area contributed by atoms with Crippen molar-refractivity contribution in [1.29, 1.82) is 0 Å². The minimum absolute atomic E-state index is 0. The second-order valence-electron chi connectivity index (χ2n) is 7.10. The average molecular weight is 496 g/mol. The van der Waals surface area contributed by atoms with Crippen molar-refractivity contribution in [1.82, 2.24) is 10.6 Å². The Hall–Kier alpha value is -1.83. The first kappa shape index (κ1) is 22.5. The van der Waals surface area contributed by atoms with E-state index in [-0.39, 0.29) is 29.8 Å². The fourth-order valence-corrected chi connectivity index (χ4v) is 3.36. The lowest BCUT2D eigenvalue weighted by Gasteiger charge is -2.19. The second kappa shape index (κ2) is 11.2. The van der Waals surface area contributed by atoms with Crippen molar-refractivity contribution >= 4 is 35.6 Å². The van der Waals surface area contributed by atoms with E-state index in [1.54, 1.807) is 19.1 Å². The monoisotopic (exact) mass is 496 g/mol. The van der Waals surface area contributed by atoms with Gasteiger partial charge in [-0.05, 0) is 55.5 Å². The molecule has 1 unspecified atom stereocenters. The summed E-state index contributed by atoms with van der Waals surface area (Å²) in [6.45, 7) is 8.12. The number of halogens is 2. The van der Waals surface area contributed by atoms with Gasteiger partial charge in [0.25, 0.3) is 0 Å². The molecule has 0 bridgehead atoms. The highest BCUT2D eigenvalue weighted by atomic mass is 127. The van der Waals surface area contributed by atoms with Gasteiger partial charge in [0.2, 0.25) is 0 Å². The van der Waals surface area contributed by atoms with Crippen molar-refractivity contribution in [3.8, 4) is 0 Å².